The van der Waals surface area contributed by atoms with Gasteiger partial charge in [-0.2, -0.15) is 5.06 Å². The number of hydroxylamine groups is 2. The predicted molar refractivity (Wildman–Crippen MR) is 82.4 cm³/mol. The summed E-state index contributed by atoms with van der Waals surface area (Å²) in [6, 6.07) is 10.4. The summed E-state index contributed by atoms with van der Waals surface area (Å²) in [6.45, 7) is 9.08. The Balaban J connectivity index is 2.11. The Labute approximate surface area is 127 Å². The van der Waals surface area contributed by atoms with Gasteiger partial charge in [0.15, 0.2) is 6.29 Å². The lowest BCUT2D eigenvalue weighted by Crippen LogP contribution is -2.43. The van der Waals surface area contributed by atoms with Crippen molar-refractivity contribution >= 4 is 0 Å². The van der Waals surface area contributed by atoms with Gasteiger partial charge in [-0.25, -0.2) is 0 Å². The van der Waals surface area contributed by atoms with E-state index >= 15 is 0 Å². The average molecular weight is 293 g/mol. The lowest BCUT2D eigenvalue weighted by Gasteiger charge is -2.34. The van der Waals surface area contributed by atoms with E-state index in [0.717, 1.165) is 6.42 Å². The molecule has 0 aliphatic carbocycles. The van der Waals surface area contributed by atoms with Crippen LogP contribution in [0.15, 0.2) is 30.3 Å². The molecule has 1 saturated heterocycles. The molecule has 118 valence electrons. The first-order valence-electron chi connectivity index (χ1n) is 7.73. The molecule has 2 rings (SSSR count). The van der Waals surface area contributed by atoms with E-state index in [4.69, 9.17) is 9.57 Å². The molecule has 21 heavy (non-hydrogen) atoms. The maximum Gasteiger partial charge on any atom is 0.179 e. The Hall–Kier alpha value is -0.940. The van der Waals surface area contributed by atoms with Gasteiger partial charge in [-0.1, -0.05) is 37.3 Å². The van der Waals surface area contributed by atoms with Gasteiger partial charge in [-0.15, -0.1) is 0 Å². The highest BCUT2D eigenvalue weighted by molar-refractivity contribution is 5.14. The molecule has 0 bridgehead atoms. The maximum absolute atomic E-state index is 10.3. The third-order valence-corrected chi connectivity index (χ3v) is 4.28. The molecule has 0 spiro atoms. The molecule has 1 N–H and O–H groups in total. The van der Waals surface area contributed by atoms with Crippen molar-refractivity contribution in [1.29, 1.82) is 0 Å². The minimum absolute atomic E-state index is 0.0895. The first-order valence-corrected chi connectivity index (χ1v) is 7.73. The van der Waals surface area contributed by atoms with E-state index in [1.165, 1.54) is 5.56 Å². The van der Waals surface area contributed by atoms with Gasteiger partial charge in [0, 0.05) is 31.5 Å². The quantitative estimate of drug-likeness (QED) is 0.875. The van der Waals surface area contributed by atoms with Gasteiger partial charge in [0.05, 0.1) is 5.60 Å². The summed E-state index contributed by atoms with van der Waals surface area (Å²) in [6.07, 6.45) is 0.569. The van der Waals surface area contributed by atoms with Crippen molar-refractivity contribution in [3.63, 3.8) is 0 Å². The zero-order valence-corrected chi connectivity index (χ0v) is 13.5. The van der Waals surface area contributed by atoms with Crippen LogP contribution >= 0.6 is 0 Å². The SMILES string of the molecule is CCOC1C[C@@H]([C@H](C)C(C)(C)O)N(Cc2ccccc2)O1. The first-order chi connectivity index (χ1) is 9.91. The fraction of sp³-hybridized carbons (Fsp3) is 0.647. The summed E-state index contributed by atoms with van der Waals surface area (Å²) in [5, 5.41) is 12.3. The molecule has 0 radical (unpaired) electrons. The third kappa shape index (κ3) is 4.27. The van der Waals surface area contributed by atoms with Crippen LogP contribution in [0.1, 0.15) is 39.7 Å². The van der Waals surface area contributed by atoms with Crippen molar-refractivity contribution in [2.24, 2.45) is 5.92 Å². The summed E-state index contributed by atoms with van der Waals surface area (Å²) in [5.41, 5.74) is 0.451. The van der Waals surface area contributed by atoms with E-state index in [-0.39, 0.29) is 18.2 Å². The van der Waals surface area contributed by atoms with E-state index in [9.17, 15) is 5.11 Å². The smallest absolute Gasteiger partial charge is 0.179 e. The fourth-order valence-electron chi connectivity index (χ4n) is 2.71. The Morgan fingerprint density at radius 1 is 1.38 bits per heavy atom. The number of nitrogens with zero attached hydrogens (tertiary/aromatic N) is 1. The highest BCUT2D eigenvalue weighted by Crippen LogP contribution is 2.33. The van der Waals surface area contributed by atoms with Gasteiger partial charge in [-0.3, -0.25) is 4.84 Å². The van der Waals surface area contributed by atoms with Gasteiger partial charge in [0.2, 0.25) is 0 Å². The highest BCUT2D eigenvalue weighted by Gasteiger charge is 2.42. The zero-order chi connectivity index (χ0) is 15.5. The monoisotopic (exact) mass is 293 g/mol. The van der Waals surface area contributed by atoms with Crippen molar-refractivity contribution in [3.8, 4) is 0 Å². The lowest BCUT2D eigenvalue weighted by molar-refractivity contribution is -0.249. The molecule has 1 aromatic rings. The number of hydrogen-bond donors (Lipinski definition) is 1. The topological polar surface area (TPSA) is 41.9 Å². The molecule has 4 heteroatoms. The molecular formula is C17H27NO3. The molecule has 3 atom stereocenters. The van der Waals surface area contributed by atoms with Crippen LogP contribution in [0.2, 0.25) is 0 Å². The summed E-state index contributed by atoms with van der Waals surface area (Å²) >= 11 is 0. The Morgan fingerprint density at radius 2 is 2.05 bits per heavy atom. The highest BCUT2D eigenvalue weighted by atomic mass is 16.8. The van der Waals surface area contributed by atoms with E-state index in [2.05, 4.69) is 19.1 Å². The van der Waals surface area contributed by atoms with Gasteiger partial charge >= 0.3 is 0 Å². The molecule has 1 heterocycles. The number of aliphatic hydroxyl groups is 1. The van der Waals surface area contributed by atoms with Gasteiger partial charge in [-0.05, 0) is 26.3 Å². The number of ether oxygens (including phenoxy) is 1. The van der Waals surface area contributed by atoms with Crippen molar-refractivity contribution in [2.75, 3.05) is 6.61 Å². The number of rotatable bonds is 6. The van der Waals surface area contributed by atoms with E-state index in [1.54, 1.807) is 0 Å². The van der Waals surface area contributed by atoms with Crippen molar-refractivity contribution in [3.05, 3.63) is 35.9 Å². The van der Waals surface area contributed by atoms with Crippen LogP contribution in [-0.4, -0.2) is 34.7 Å². The molecule has 4 nitrogen and oxygen atoms in total. The Bertz CT molecular complexity index is 429. The van der Waals surface area contributed by atoms with Gasteiger partial charge in [0.25, 0.3) is 0 Å². The van der Waals surface area contributed by atoms with Crippen LogP contribution in [0.5, 0.6) is 0 Å². The normalized spacial score (nSPS) is 25.2. The van der Waals surface area contributed by atoms with Crippen molar-refractivity contribution in [1.82, 2.24) is 5.06 Å². The van der Waals surface area contributed by atoms with Crippen LogP contribution in [0.3, 0.4) is 0 Å². The molecule has 1 unspecified atom stereocenters. The minimum Gasteiger partial charge on any atom is -0.390 e. The van der Waals surface area contributed by atoms with Crippen molar-refractivity contribution in [2.45, 2.75) is 58.6 Å². The van der Waals surface area contributed by atoms with Crippen LogP contribution in [-0.2, 0) is 16.1 Å². The van der Waals surface area contributed by atoms with Crippen LogP contribution in [0, 0.1) is 5.92 Å². The molecule has 0 amide bonds. The first kappa shape index (κ1) is 16.4. The summed E-state index contributed by atoms with van der Waals surface area (Å²) in [4.78, 5) is 5.93. The molecule has 0 aromatic heterocycles. The lowest BCUT2D eigenvalue weighted by atomic mass is 9.84. The molecular weight excluding hydrogens is 266 g/mol. The fourth-order valence-corrected chi connectivity index (χ4v) is 2.71. The molecule has 1 aliphatic heterocycles. The van der Waals surface area contributed by atoms with E-state index in [0.29, 0.717) is 13.2 Å². The average Bonchev–Trinajstić information content (AvgIpc) is 2.81. The molecule has 1 aliphatic rings. The van der Waals surface area contributed by atoms with Crippen molar-refractivity contribution < 1.29 is 14.7 Å². The largest absolute Gasteiger partial charge is 0.390 e. The molecule has 1 aromatic carbocycles. The summed E-state index contributed by atoms with van der Waals surface area (Å²) in [5.74, 6) is 0.0895. The van der Waals surface area contributed by atoms with Gasteiger partial charge in [0.1, 0.15) is 0 Å². The second kappa shape index (κ2) is 6.88. The number of hydrogen-bond acceptors (Lipinski definition) is 4. The standard InChI is InChI=1S/C17H27NO3/c1-5-20-16-11-15(13(2)17(3,4)19)18(21-16)12-14-9-7-6-8-10-14/h6-10,13,15-16,19H,5,11-12H2,1-4H3/t13-,15-,16?/m0/s1. The zero-order valence-electron chi connectivity index (χ0n) is 13.5. The molecule has 0 saturated carbocycles. The molecule has 1 fully saturated rings. The third-order valence-electron chi connectivity index (χ3n) is 4.28. The van der Waals surface area contributed by atoms with Crippen LogP contribution in [0.4, 0.5) is 0 Å². The minimum atomic E-state index is -0.746. The second-order valence-electron chi connectivity index (χ2n) is 6.30. The van der Waals surface area contributed by atoms with Crippen LogP contribution in [0.25, 0.3) is 0 Å². The van der Waals surface area contributed by atoms with Gasteiger partial charge < -0.3 is 9.84 Å². The predicted octanol–water partition coefficient (Wildman–Crippen LogP) is 2.96. The Morgan fingerprint density at radius 3 is 2.62 bits per heavy atom. The van der Waals surface area contributed by atoms with E-state index < -0.39 is 5.60 Å². The Kier molecular flexibility index (Phi) is 5.38. The second-order valence-corrected chi connectivity index (χ2v) is 6.30. The number of benzene rings is 1. The summed E-state index contributed by atoms with van der Waals surface area (Å²) < 4.78 is 5.62. The van der Waals surface area contributed by atoms with Crippen LogP contribution < -0.4 is 0 Å². The summed E-state index contributed by atoms with van der Waals surface area (Å²) in [7, 11) is 0. The van der Waals surface area contributed by atoms with E-state index in [1.807, 2.05) is 44.0 Å². The maximum atomic E-state index is 10.3.